The van der Waals surface area contributed by atoms with Gasteiger partial charge in [-0.15, -0.1) is 0 Å². The van der Waals surface area contributed by atoms with Gasteiger partial charge in [0.25, 0.3) is 0 Å². The van der Waals surface area contributed by atoms with Crippen molar-refractivity contribution in [3.8, 4) is 11.6 Å². The molecule has 4 heterocycles. The smallest absolute Gasteiger partial charge is 0.317 e. The van der Waals surface area contributed by atoms with Crippen molar-refractivity contribution in [1.29, 1.82) is 0 Å². The Labute approximate surface area is 152 Å². The molecule has 1 aliphatic heterocycles. The van der Waals surface area contributed by atoms with Gasteiger partial charge < -0.3 is 19.2 Å². The van der Waals surface area contributed by atoms with E-state index in [4.69, 9.17) is 9.40 Å². The van der Waals surface area contributed by atoms with E-state index in [-0.39, 0.29) is 17.6 Å². The number of nitrogens with one attached hydrogen (secondary N) is 1. The van der Waals surface area contributed by atoms with Gasteiger partial charge in [0.05, 0.1) is 12.3 Å². The van der Waals surface area contributed by atoms with E-state index >= 15 is 0 Å². The van der Waals surface area contributed by atoms with Gasteiger partial charge >= 0.3 is 6.03 Å². The Hall–Kier alpha value is -2.83. The second-order valence-electron chi connectivity index (χ2n) is 7.70. The van der Waals surface area contributed by atoms with Crippen LogP contribution < -0.4 is 5.32 Å². The first-order chi connectivity index (χ1) is 12.4. The summed E-state index contributed by atoms with van der Waals surface area (Å²) in [5, 5.41) is 3.03. The summed E-state index contributed by atoms with van der Waals surface area (Å²) in [6.45, 7) is 7.29. The first-order valence-corrected chi connectivity index (χ1v) is 8.86. The molecule has 0 bridgehead atoms. The summed E-state index contributed by atoms with van der Waals surface area (Å²) in [5.41, 5.74) is 1.40. The molecule has 7 nitrogen and oxygen atoms in total. The van der Waals surface area contributed by atoms with Crippen molar-refractivity contribution in [2.75, 3.05) is 13.1 Å². The quantitative estimate of drug-likeness (QED) is 0.766. The van der Waals surface area contributed by atoms with Gasteiger partial charge in [-0.2, -0.15) is 0 Å². The van der Waals surface area contributed by atoms with Crippen LogP contribution in [0.25, 0.3) is 22.7 Å². The number of amides is 2. The van der Waals surface area contributed by atoms with E-state index in [9.17, 15) is 4.79 Å². The Balaban J connectivity index is 1.67. The van der Waals surface area contributed by atoms with Crippen LogP contribution in [0.4, 0.5) is 4.79 Å². The van der Waals surface area contributed by atoms with Crippen LogP contribution in [-0.2, 0) is 0 Å². The number of hydrogen-bond donors (Lipinski definition) is 1. The highest BCUT2D eigenvalue weighted by atomic mass is 16.3. The second-order valence-corrected chi connectivity index (χ2v) is 7.70. The van der Waals surface area contributed by atoms with Crippen molar-refractivity contribution in [3.63, 3.8) is 0 Å². The van der Waals surface area contributed by atoms with Crippen LogP contribution in [0.3, 0.4) is 0 Å². The fourth-order valence-electron chi connectivity index (χ4n) is 3.39. The van der Waals surface area contributed by atoms with E-state index in [2.05, 4.69) is 14.9 Å². The standard InChI is InChI=1S/C19H23N5O2/c1-19(2,3)22-18(25)23-10-8-13(12-23)24-16-14(6-4-9-20-16)21-17(24)15-7-5-11-26-15/h4-7,9,11,13H,8,10,12H2,1-3H3,(H,22,25)/t13-/m1/s1. The third kappa shape index (κ3) is 3.05. The van der Waals surface area contributed by atoms with Gasteiger partial charge in [-0.3, -0.25) is 0 Å². The van der Waals surface area contributed by atoms with Crippen LogP contribution in [0.1, 0.15) is 33.2 Å². The number of fused-ring (bicyclic) bond motifs is 1. The van der Waals surface area contributed by atoms with Crippen LogP contribution in [0.5, 0.6) is 0 Å². The van der Waals surface area contributed by atoms with Crippen LogP contribution in [0.2, 0.25) is 0 Å². The van der Waals surface area contributed by atoms with Crippen molar-refractivity contribution in [2.24, 2.45) is 0 Å². The van der Waals surface area contributed by atoms with Crippen LogP contribution in [-0.4, -0.2) is 44.1 Å². The van der Waals surface area contributed by atoms with E-state index in [1.54, 1.807) is 12.5 Å². The molecule has 1 atom stereocenters. The number of pyridine rings is 1. The molecule has 0 spiro atoms. The maximum absolute atomic E-state index is 12.5. The second kappa shape index (κ2) is 6.16. The van der Waals surface area contributed by atoms with Crippen LogP contribution >= 0.6 is 0 Å². The summed E-state index contributed by atoms with van der Waals surface area (Å²) >= 11 is 0. The lowest BCUT2D eigenvalue weighted by Crippen LogP contribution is -2.47. The molecular weight excluding hydrogens is 330 g/mol. The largest absolute Gasteiger partial charge is 0.461 e. The molecule has 1 N–H and O–H groups in total. The van der Waals surface area contributed by atoms with Crippen molar-refractivity contribution in [2.45, 2.75) is 38.8 Å². The van der Waals surface area contributed by atoms with Crippen molar-refractivity contribution in [1.82, 2.24) is 24.8 Å². The fourth-order valence-corrected chi connectivity index (χ4v) is 3.39. The summed E-state index contributed by atoms with van der Waals surface area (Å²) in [6.07, 6.45) is 4.27. The Morgan fingerprint density at radius 2 is 2.15 bits per heavy atom. The number of urea groups is 1. The zero-order chi connectivity index (χ0) is 18.3. The summed E-state index contributed by atoms with van der Waals surface area (Å²) in [4.78, 5) is 23.6. The lowest BCUT2D eigenvalue weighted by molar-refractivity contribution is 0.198. The van der Waals surface area contributed by atoms with Gasteiger partial charge in [0.2, 0.25) is 0 Å². The number of hydrogen-bond acceptors (Lipinski definition) is 4. The predicted molar refractivity (Wildman–Crippen MR) is 98.7 cm³/mol. The van der Waals surface area contributed by atoms with Gasteiger partial charge in [-0.1, -0.05) is 0 Å². The molecule has 4 rings (SSSR count). The molecule has 3 aromatic heterocycles. The van der Waals surface area contributed by atoms with Gasteiger partial charge in [0.1, 0.15) is 5.52 Å². The van der Waals surface area contributed by atoms with E-state index in [1.807, 2.05) is 49.9 Å². The number of imidazole rings is 1. The third-order valence-electron chi connectivity index (χ3n) is 4.49. The van der Waals surface area contributed by atoms with Gasteiger partial charge in [0, 0.05) is 24.8 Å². The number of carbonyl (C=O) groups is 1. The van der Waals surface area contributed by atoms with Gasteiger partial charge in [-0.05, 0) is 51.5 Å². The van der Waals surface area contributed by atoms with E-state index in [0.717, 1.165) is 23.4 Å². The van der Waals surface area contributed by atoms with Gasteiger partial charge in [-0.25, -0.2) is 14.8 Å². The molecule has 0 aliphatic carbocycles. The molecule has 3 aromatic rings. The van der Waals surface area contributed by atoms with Crippen molar-refractivity contribution < 1.29 is 9.21 Å². The number of carbonyl (C=O) groups excluding carboxylic acids is 1. The van der Waals surface area contributed by atoms with E-state index in [0.29, 0.717) is 18.8 Å². The molecular formula is C19H23N5O2. The molecule has 0 saturated carbocycles. The number of aromatic nitrogens is 3. The topological polar surface area (TPSA) is 76.2 Å². The van der Waals surface area contributed by atoms with Gasteiger partial charge in [0.15, 0.2) is 17.2 Å². The monoisotopic (exact) mass is 353 g/mol. The van der Waals surface area contributed by atoms with E-state index in [1.165, 1.54) is 0 Å². The third-order valence-corrected chi connectivity index (χ3v) is 4.49. The predicted octanol–water partition coefficient (Wildman–Crippen LogP) is 3.45. The highest BCUT2D eigenvalue weighted by molar-refractivity contribution is 5.77. The molecule has 0 aromatic carbocycles. The normalized spacial score (nSPS) is 17.8. The first kappa shape index (κ1) is 16.6. The highest BCUT2D eigenvalue weighted by Gasteiger charge is 2.32. The molecule has 2 amide bonds. The number of likely N-dealkylation sites (tertiary alicyclic amines) is 1. The van der Waals surface area contributed by atoms with Crippen LogP contribution in [0, 0.1) is 0 Å². The summed E-state index contributed by atoms with van der Waals surface area (Å²) in [7, 11) is 0. The van der Waals surface area contributed by atoms with Crippen molar-refractivity contribution in [3.05, 3.63) is 36.7 Å². The maximum atomic E-state index is 12.5. The highest BCUT2D eigenvalue weighted by Crippen LogP contribution is 2.32. The number of furan rings is 1. The minimum absolute atomic E-state index is 0.0306. The number of nitrogens with zero attached hydrogens (tertiary/aromatic N) is 4. The molecule has 1 aliphatic rings. The fraction of sp³-hybridized carbons (Fsp3) is 0.421. The maximum Gasteiger partial charge on any atom is 0.317 e. The molecule has 0 radical (unpaired) electrons. The molecule has 7 heteroatoms. The average molecular weight is 353 g/mol. The Kier molecular flexibility index (Phi) is 3.94. The lowest BCUT2D eigenvalue weighted by Gasteiger charge is -2.25. The molecule has 136 valence electrons. The Morgan fingerprint density at radius 1 is 1.31 bits per heavy atom. The Bertz CT molecular complexity index is 923. The van der Waals surface area contributed by atoms with E-state index < -0.39 is 0 Å². The number of rotatable bonds is 2. The molecule has 1 saturated heterocycles. The first-order valence-electron chi connectivity index (χ1n) is 8.86. The SMILES string of the molecule is CC(C)(C)NC(=O)N1CC[C@@H](n2c(-c3ccco3)nc3cccnc32)C1. The minimum Gasteiger partial charge on any atom is -0.461 e. The van der Waals surface area contributed by atoms with Crippen molar-refractivity contribution >= 4 is 17.2 Å². The molecule has 0 unspecified atom stereocenters. The molecule has 26 heavy (non-hydrogen) atoms. The lowest BCUT2D eigenvalue weighted by atomic mass is 10.1. The minimum atomic E-state index is -0.252. The summed E-state index contributed by atoms with van der Waals surface area (Å²) in [6, 6.07) is 7.66. The zero-order valence-corrected chi connectivity index (χ0v) is 15.3. The molecule has 1 fully saturated rings. The average Bonchev–Trinajstić information content (AvgIpc) is 3.31. The van der Waals surface area contributed by atoms with Crippen LogP contribution in [0.15, 0.2) is 41.1 Å². The summed E-state index contributed by atoms with van der Waals surface area (Å²) in [5.74, 6) is 1.47. The Morgan fingerprint density at radius 3 is 2.88 bits per heavy atom. The summed E-state index contributed by atoms with van der Waals surface area (Å²) < 4.78 is 7.70. The zero-order valence-electron chi connectivity index (χ0n) is 15.3.